The minimum absolute atomic E-state index is 0.255. The van der Waals surface area contributed by atoms with Gasteiger partial charge < -0.3 is 19.9 Å². The van der Waals surface area contributed by atoms with Crippen LogP contribution in [0.25, 0.3) is 10.4 Å². The molecule has 1 amide bonds. The molecule has 40 heavy (non-hydrogen) atoms. The molecule has 3 aromatic rings. The number of carbonyl (C=O) groups is 2. The molecule has 0 aliphatic carbocycles. The van der Waals surface area contributed by atoms with Crippen molar-refractivity contribution in [2.45, 2.75) is 25.1 Å². The molecule has 0 fully saturated rings. The molecule has 0 unspecified atom stereocenters. The second-order valence-corrected chi connectivity index (χ2v) is 15.6. The fourth-order valence-corrected chi connectivity index (χ4v) is 9.03. The Morgan fingerprint density at radius 2 is 1.55 bits per heavy atom. The summed E-state index contributed by atoms with van der Waals surface area (Å²) in [5.74, 6) is -0.655. The van der Waals surface area contributed by atoms with Gasteiger partial charge in [-0.3, -0.25) is 4.79 Å². The monoisotopic (exact) mass is 554 g/mol. The Labute approximate surface area is 235 Å². The number of hydrogen-bond acceptors (Lipinski definition) is 6. The maximum atomic E-state index is 13.5. The van der Waals surface area contributed by atoms with Gasteiger partial charge in [0.25, 0.3) is 5.91 Å². The van der Waals surface area contributed by atoms with E-state index in [9.17, 15) is 9.59 Å². The minimum atomic E-state index is -2.25. The first-order valence-electron chi connectivity index (χ1n) is 13.3. The molecular weight excluding hydrogens is 520 g/mol. The van der Waals surface area contributed by atoms with E-state index >= 15 is 0 Å². The predicted octanol–water partition coefficient (Wildman–Crippen LogP) is 3.85. The molecule has 3 aromatic carbocycles. The third-order valence-electron chi connectivity index (χ3n) is 8.05. The number of rotatable bonds is 7. The largest absolute Gasteiger partial charge is 0.441 e. The van der Waals surface area contributed by atoms with Gasteiger partial charge >= 0.3 is 5.97 Å². The molecule has 0 saturated carbocycles. The summed E-state index contributed by atoms with van der Waals surface area (Å²) < 4.78 is 6.45. The van der Waals surface area contributed by atoms with Crippen molar-refractivity contribution in [3.05, 3.63) is 92.9 Å². The number of nitrogens with one attached hydrogen (secondary N) is 1. The van der Waals surface area contributed by atoms with E-state index in [2.05, 4.69) is 74.6 Å². The average Bonchev–Trinajstić information content (AvgIpc) is 3.23. The lowest BCUT2D eigenvalue weighted by Gasteiger charge is -2.44. The molecule has 0 radical (unpaired) electrons. The first kappa shape index (κ1) is 27.3. The highest BCUT2D eigenvalue weighted by molar-refractivity contribution is 7.01. The summed E-state index contributed by atoms with van der Waals surface area (Å²) in [5, 5.41) is 8.81. The number of amides is 1. The Bertz CT molecular complexity index is 1510. The van der Waals surface area contributed by atoms with E-state index < -0.39 is 19.6 Å². The summed E-state index contributed by atoms with van der Waals surface area (Å²) in [6.45, 7) is 5.37. The molecule has 5 rings (SSSR count). The van der Waals surface area contributed by atoms with Crippen LogP contribution in [0.4, 0.5) is 11.4 Å². The second kappa shape index (κ2) is 10.0. The minimum Gasteiger partial charge on any atom is -0.441 e. The maximum Gasteiger partial charge on any atom is 0.340 e. The molecule has 0 bridgehead atoms. The van der Waals surface area contributed by atoms with Crippen LogP contribution in [0, 0.1) is 0 Å². The standard InChI is InChI=1S/C30H34N6O3Si/c1-35(2)20-9-12-23-26(17-20)40(5,6)27-18-21(36(3)4)10-13-24(27)30(23)25-16-19(8-11-22(25)29(38)39-30)28(37)32-14-7-15-33-34-31/h8-13,16-18H,7,14-15H2,1-6H3,(H,32,37). The highest BCUT2D eigenvalue weighted by atomic mass is 28.3. The molecule has 2 heterocycles. The third-order valence-corrected chi connectivity index (χ3v) is 11.6. The normalized spacial score (nSPS) is 15.3. The smallest absolute Gasteiger partial charge is 0.340 e. The molecule has 0 saturated heterocycles. The van der Waals surface area contributed by atoms with Gasteiger partial charge in [0.05, 0.1) is 5.56 Å². The zero-order valence-corrected chi connectivity index (χ0v) is 24.8. The van der Waals surface area contributed by atoms with Crippen LogP contribution in [0.2, 0.25) is 13.1 Å². The van der Waals surface area contributed by atoms with Crippen molar-refractivity contribution < 1.29 is 14.3 Å². The van der Waals surface area contributed by atoms with Crippen LogP contribution in [0.3, 0.4) is 0 Å². The number of hydrogen-bond donors (Lipinski definition) is 1. The van der Waals surface area contributed by atoms with Crippen molar-refractivity contribution in [2.75, 3.05) is 51.1 Å². The number of carbonyl (C=O) groups excluding carboxylic acids is 2. The Hall–Kier alpha value is -4.27. The van der Waals surface area contributed by atoms with E-state index in [1.54, 1.807) is 18.2 Å². The van der Waals surface area contributed by atoms with Crippen molar-refractivity contribution in [1.29, 1.82) is 0 Å². The molecule has 2 aliphatic heterocycles. The van der Waals surface area contributed by atoms with E-state index in [1.165, 1.54) is 10.4 Å². The lowest BCUT2D eigenvalue weighted by Crippen LogP contribution is -2.63. The predicted molar refractivity (Wildman–Crippen MR) is 161 cm³/mol. The SMILES string of the molecule is CN(C)c1ccc2c(c1)[Si](C)(C)c1cc(N(C)C)ccc1C21OC(=O)c2ccc(C(=O)NCCCN=[N+]=[N-])cc21. The number of benzene rings is 3. The number of nitrogens with zero attached hydrogens (tertiary/aromatic N) is 5. The van der Waals surface area contributed by atoms with E-state index in [4.69, 9.17) is 10.3 Å². The second-order valence-electron chi connectivity index (χ2n) is 11.3. The van der Waals surface area contributed by atoms with Crippen molar-refractivity contribution in [3.8, 4) is 0 Å². The zero-order valence-electron chi connectivity index (χ0n) is 23.8. The fourth-order valence-electron chi connectivity index (χ4n) is 5.86. The first-order chi connectivity index (χ1) is 19.0. The van der Waals surface area contributed by atoms with E-state index in [1.807, 2.05) is 28.2 Å². The lowest BCUT2D eigenvalue weighted by molar-refractivity contribution is 0.0255. The number of ether oxygens (including phenoxy) is 1. The van der Waals surface area contributed by atoms with Gasteiger partial charge in [0.1, 0.15) is 8.07 Å². The summed E-state index contributed by atoms with van der Waals surface area (Å²) in [6.07, 6.45) is 0.537. The summed E-state index contributed by atoms with van der Waals surface area (Å²) in [5.41, 5.74) is 13.0. The van der Waals surface area contributed by atoms with E-state index in [0.29, 0.717) is 36.2 Å². The molecule has 2 aliphatic rings. The topological polar surface area (TPSA) is 111 Å². The van der Waals surface area contributed by atoms with Gasteiger partial charge in [0.15, 0.2) is 5.60 Å². The summed E-state index contributed by atoms with van der Waals surface area (Å²) >= 11 is 0. The molecule has 1 N–H and O–H groups in total. The first-order valence-corrected chi connectivity index (χ1v) is 16.3. The number of fused-ring (bicyclic) bond motifs is 6. The van der Waals surface area contributed by atoms with Gasteiger partial charge in [0, 0.05) is 79.8 Å². The van der Waals surface area contributed by atoms with Crippen LogP contribution in [0.15, 0.2) is 59.7 Å². The molecule has 10 heteroatoms. The number of anilines is 2. The van der Waals surface area contributed by atoms with Crippen LogP contribution in [-0.2, 0) is 10.3 Å². The van der Waals surface area contributed by atoms with Crippen molar-refractivity contribution >= 4 is 41.7 Å². The highest BCUT2D eigenvalue weighted by Crippen LogP contribution is 2.49. The quantitative estimate of drug-likeness (QED) is 0.119. The van der Waals surface area contributed by atoms with Gasteiger partial charge in [-0.1, -0.05) is 30.3 Å². The molecule has 9 nitrogen and oxygen atoms in total. The van der Waals surface area contributed by atoms with Crippen LogP contribution < -0.4 is 25.5 Å². The van der Waals surface area contributed by atoms with Crippen LogP contribution >= 0.6 is 0 Å². The average molecular weight is 555 g/mol. The summed E-state index contributed by atoms with van der Waals surface area (Å²) in [6, 6.07) is 17.9. The van der Waals surface area contributed by atoms with E-state index in [-0.39, 0.29) is 5.91 Å². The Balaban J connectivity index is 1.72. The lowest BCUT2D eigenvalue weighted by atomic mass is 9.78. The molecule has 1 spiro atoms. The van der Waals surface area contributed by atoms with Gasteiger partial charge in [-0.25, -0.2) is 4.79 Å². The molecular formula is C30H34N6O3Si. The van der Waals surface area contributed by atoms with Crippen LogP contribution in [-0.4, -0.2) is 61.2 Å². The number of azide groups is 1. The Morgan fingerprint density at radius 3 is 2.10 bits per heavy atom. The number of esters is 1. The van der Waals surface area contributed by atoms with E-state index in [0.717, 1.165) is 22.5 Å². The van der Waals surface area contributed by atoms with Gasteiger partial charge in [-0.15, -0.1) is 0 Å². The van der Waals surface area contributed by atoms with Crippen molar-refractivity contribution in [1.82, 2.24) is 5.32 Å². The molecule has 0 aromatic heterocycles. The zero-order chi connectivity index (χ0) is 28.8. The summed E-state index contributed by atoms with van der Waals surface area (Å²) in [7, 11) is 5.85. The Kier molecular flexibility index (Phi) is 6.85. The van der Waals surface area contributed by atoms with Crippen molar-refractivity contribution in [3.63, 3.8) is 0 Å². The highest BCUT2D eigenvalue weighted by Gasteiger charge is 2.56. The van der Waals surface area contributed by atoms with Crippen LogP contribution in [0.1, 0.15) is 43.8 Å². The molecule has 0 atom stereocenters. The summed E-state index contributed by atoms with van der Waals surface area (Å²) in [4.78, 5) is 33.5. The van der Waals surface area contributed by atoms with Gasteiger partial charge in [0.2, 0.25) is 0 Å². The van der Waals surface area contributed by atoms with Crippen LogP contribution in [0.5, 0.6) is 0 Å². The molecule has 206 valence electrons. The van der Waals surface area contributed by atoms with Crippen molar-refractivity contribution in [2.24, 2.45) is 5.11 Å². The third kappa shape index (κ3) is 4.20. The Morgan fingerprint density at radius 1 is 0.950 bits per heavy atom. The maximum absolute atomic E-state index is 13.5. The fraction of sp³-hybridized carbons (Fsp3) is 0.333. The van der Waals surface area contributed by atoms with Gasteiger partial charge in [-0.2, -0.15) is 0 Å². The van der Waals surface area contributed by atoms with Gasteiger partial charge in [-0.05, 0) is 64.8 Å².